The van der Waals surface area contributed by atoms with Crippen molar-refractivity contribution in [2.75, 3.05) is 13.1 Å². The van der Waals surface area contributed by atoms with Crippen LogP contribution < -0.4 is 10.5 Å². The van der Waals surface area contributed by atoms with E-state index in [-0.39, 0.29) is 12.0 Å². The van der Waals surface area contributed by atoms with E-state index in [0.717, 1.165) is 57.4 Å². The summed E-state index contributed by atoms with van der Waals surface area (Å²) in [4.78, 5) is 14.7. The Morgan fingerprint density at radius 2 is 1.73 bits per heavy atom. The first-order chi connectivity index (χ1) is 10.7. The maximum Gasteiger partial charge on any atom is 0.242 e. The van der Waals surface area contributed by atoms with Crippen molar-refractivity contribution in [1.82, 2.24) is 4.90 Å². The van der Waals surface area contributed by atoms with E-state index in [1.807, 2.05) is 35.2 Å². The maximum atomic E-state index is 12.7. The van der Waals surface area contributed by atoms with E-state index < -0.39 is 5.54 Å². The van der Waals surface area contributed by atoms with Crippen molar-refractivity contribution in [2.45, 2.75) is 56.6 Å². The molecular weight excluding hydrogens is 276 g/mol. The number of hydrogen-bond acceptors (Lipinski definition) is 3. The summed E-state index contributed by atoms with van der Waals surface area (Å²) in [5.41, 5.74) is 5.76. The fourth-order valence-electron chi connectivity index (χ4n) is 3.58. The highest BCUT2D eigenvalue weighted by atomic mass is 16.5. The smallest absolute Gasteiger partial charge is 0.242 e. The number of para-hydroxylation sites is 1. The first-order valence-corrected chi connectivity index (χ1v) is 8.47. The van der Waals surface area contributed by atoms with Crippen LogP contribution >= 0.6 is 0 Å². The van der Waals surface area contributed by atoms with Crippen molar-refractivity contribution in [2.24, 2.45) is 5.73 Å². The first-order valence-electron chi connectivity index (χ1n) is 8.47. The predicted octanol–water partition coefficient (Wildman–Crippen LogP) is 2.72. The Bertz CT molecular complexity index is 489. The van der Waals surface area contributed by atoms with Gasteiger partial charge in [-0.05, 0) is 25.0 Å². The van der Waals surface area contributed by atoms with Crippen LogP contribution in [0.4, 0.5) is 0 Å². The summed E-state index contributed by atoms with van der Waals surface area (Å²) in [7, 11) is 0. The number of nitrogens with zero attached hydrogens (tertiary/aromatic N) is 1. The van der Waals surface area contributed by atoms with Gasteiger partial charge in [0.2, 0.25) is 5.91 Å². The lowest BCUT2D eigenvalue weighted by atomic mass is 9.81. The van der Waals surface area contributed by atoms with Crippen molar-refractivity contribution in [1.29, 1.82) is 0 Å². The van der Waals surface area contributed by atoms with Crippen LogP contribution in [0.2, 0.25) is 0 Å². The maximum absolute atomic E-state index is 12.7. The van der Waals surface area contributed by atoms with Crippen molar-refractivity contribution in [3.8, 4) is 5.75 Å². The van der Waals surface area contributed by atoms with Gasteiger partial charge < -0.3 is 15.4 Å². The van der Waals surface area contributed by atoms with Gasteiger partial charge in [-0.3, -0.25) is 4.79 Å². The fourth-order valence-corrected chi connectivity index (χ4v) is 3.58. The molecule has 0 aromatic heterocycles. The Morgan fingerprint density at radius 1 is 1.09 bits per heavy atom. The van der Waals surface area contributed by atoms with E-state index >= 15 is 0 Å². The zero-order valence-corrected chi connectivity index (χ0v) is 13.2. The van der Waals surface area contributed by atoms with Crippen LogP contribution in [0.15, 0.2) is 30.3 Å². The second-order valence-electron chi connectivity index (χ2n) is 6.64. The molecule has 2 N–H and O–H groups in total. The Balaban J connectivity index is 1.52. The fraction of sp³-hybridized carbons (Fsp3) is 0.611. The molecule has 1 aromatic carbocycles. The minimum atomic E-state index is -0.606. The van der Waals surface area contributed by atoms with Gasteiger partial charge >= 0.3 is 0 Å². The number of carbonyl (C=O) groups is 1. The van der Waals surface area contributed by atoms with E-state index in [2.05, 4.69) is 0 Å². The molecule has 0 unspecified atom stereocenters. The number of nitrogens with two attached hydrogens (primary N) is 1. The van der Waals surface area contributed by atoms with Gasteiger partial charge in [0.15, 0.2) is 0 Å². The minimum Gasteiger partial charge on any atom is -0.490 e. The average Bonchev–Trinajstić information content (AvgIpc) is 2.56. The highest BCUT2D eigenvalue weighted by molar-refractivity contribution is 5.86. The lowest BCUT2D eigenvalue weighted by Crippen LogP contribution is -2.58. The summed E-state index contributed by atoms with van der Waals surface area (Å²) in [6, 6.07) is 9.91. The number of likely N-dealkylation sites (tertiary alicyclic amines) is 1. The van der Waals surface area contributed by atoms with Crippen molar-refractivity contribution < 1.29 is 9.53 Å². The Kier molecular flexibility index (Phi) is 4.67. The SMILES string of the molecule is NC1(C(=O)N2CCC(Oc3ccccc3)CC2)CCCCC1. The molecule has 22 heavy (non-hydrogen) atoms. The van der Waals surface area contributed by atoms with E-state index in [0.29, 0.717) is 0 Å². The van der Waals surface area contributed by atoms with Crippen LogP contribution in [0.3, 0.4) is 0 Å². The third-order valence-corrected chi connectivity index (χ3v) is 4.95. The van der Waals surface area contributed by atoms with Crippen LogP contribution in [-0.2, 0) is 4.79 Å². The van der Waals surface area contributed by atoms with Gasteiger partial charge in [0, 0.05) is 25.9 Å². The number of hydrogen-bond donors (Lipinski definition) is 1. The molecule has 1 saturated heterocycles. The third kappa shape index (κ3) is 3.43. The predicted molar refractivity (Wildman–Crippen MR) is 86.7 cm³/mol. The molecule has 0 radical (unpaired) electrons. The quantitative estimate of drug-likeness (QED) is 0.934. The van der Waals surface area contributed by atoms with Gasteiger partial charge in [-0.25, -0.2) is 0 Å². The summed E-state index contributed by atoms with van der Waals surface area (Å²) < 4.78 is 5.98. The van der Waals surface area contributed by atoms with Gasteiger partial charge in [-0.2, -0.15) is 0 Å². The van der Waals surface area contributed by atoms with E-state index in [1.165, 1.54) is 6.42 Å². The molecule has 1 heterocycles. The van der Waals surface area contributed by atoms with Gasteiger partial charge in [0.05, 0.1) is 5.54 Å². The lowest BCUT2D eigenvalue weighted by molar-refractivity contribution is -0.140. The number of benzene rings is 1. The Hall–Kier alpha value is -1.55. The molecule has 0 atom stereocenters. The van der Waals surface area contributed by atoms with Crippen molar-refractivity contribution in [3.05, 3.63) is 30.3 Å². The summed E-state index contributed by atoms with van der Waals surface area (Å²) in [5, 5.41) is 0. The molecule has 2 fully saturated rings. The number of piperidine rings is 1. The minimum absolute atomic E-state index is 0.158. The molecular formula is C18H26N2O2. The largest absolute Gasteiger partial charge is 0.490 e. The monoisotopic (exact) mass is 302 g/mol. The van der Waals surface area contributed by atoms with Crippen LogP contribution in [0, 0.1) is 0 Å². The Morgan fingerprint density at radius 3 is 2.36 bits per heavy atom. The molecule has 0 bridgehead atoms. The van der Waals surface area contributed by atoms with Gasteiger partial charge in [-0.15, -0.1) is 0 Å². The normalized spacial score (nSPS) is 22.3. The molecule has 1 amide bonds. The molecule has 3 rings (SSSR count). The van der Waals surface area contributed by atoms with Crippen LogP contribution in [0.5, 0.6) is 5.75 Å². The van der Waals surface area contributed by atoms with E-state index in [9.17, 15) is 4.79 Å². The van der Waals surface area contributed by atoms with Crippen molar-refractivity contribution >= 4 is 5.91 Å². The Labute approximate surface area is 132 Å². The summed E-state index contributed by atoms with van der Waals surface area (Å²) >= 11 is 0. The number of rotatable bonds is 3. The highest BCUT2D eigenvalue weighted by Crippen LogP contribution is 2.29. The topological polar surface area (TPSA) is 55.6 Å². The summed E-state index contributed by atoms with van der Waals surface area (Å²) in [6.45, 7) is 1.52. The van der Waals surface area contributed by atoms with Gasteiger partial charge in [0.1, 0.15) is 11.9 Å². The molecule has 1 aromatic rings. The second kappa shape index (κ2) is 6.69. The molecule has 1 aliphatic heterocycles. The zero-order chi connectivity index (χ0) is 15.4. The molecule has 0 spiro atoms. The van der Waals surface area contributed by atoms with Gasteiger partial charge in [0.25, 0.3) is 0 Å². The molecule has 120 valence electrons. The lowest BCUT2D eigenvalue weighted by Gasteiger charge is -2.40. The first kappa shape index (κ1) is 15.3. The standard InChI is InChI=1S/C18H26N2O2/c19-18(11-5-2-6-12-18)17(21)20-13-9-16(10-14-20)22-15-7-3-1-4-8-15/h1,3-4,7-8,16H,2,5-6,9-14,19H2. The summed E-state index contributed by atoms with van der Waals surface area (Å²) in [6.07, 6.45) is 7.02. The van der Waals surface area contributed by atoms with E-state index in [1.54, 1.807) is 0 Å². The van der Waals surface area contributed by atoms with Crippen LogP contribution in [0.1, 0.15) is 44.9 Å². The van der Waals surface area contributed by atoms with Crippen molar-refractivity contribution in [3.63, 3.8) is 0 Å². The molecule has 4 heteroatoms. The average molecular weight is 302 g/mol. The van der Waals surface area contributed by atoms with Crippen LogP contribution in [-0.4, -0.2) is 35.5 Å². The second-order valence-corrected chi connectivity index (χ2v) is 6.64. The zero-order valence-electron chi connectivity index (χ0n) is 13.2. The van der Waals surface area contributed by atoms with Crippen LogP contribution in [0.25, 0.3) is 0 Å². The molecule has 4 nitrogen and oxygen atoms in total. The summed E-state index contributed by atoms with van der Waals surface area (Å²) in [5.74, 6) is 1.07. The number of amides is 1. The molecule has 2 aliphatic rings. The number of carbonyl (C=O) groups excluding carboxylic acids is 1. The molecule has 1 aliphatic carbocycles. The third-order valence-electron chi connectivity index (χ3n) is 4.95. The molecule has 1 saturated carbocycles. The van der Waals surface area contributed by atoms with Gasteiger partial charge in [-0.1, -0.05) is 37.5 Å². The number of ether oxygens (including phenoxy) is 1. The highest BCUT2D eigenvalue weighted by Gasteiger charge is 2.39. The van der Waals surface area contributed by atoms with E-state index in [4.69, 9.17) is 10.5 Å².